The van der Waals surface area contributed by atoms with Crippen molar-refractivity contribution in [3.05, 3.63) is 81.3 Å². The van der Waals surface area contributed by atoms with Crippen molar-refractivity contribution in [2.75, 3.05) is 0 Å². The van der Waals surface area contributed by atoms with Gasteiger partial charge in [-0.15, -0.1) is 6.58 Å². The van der Waals surface area contributed by atoms with E-state index in [1.807, 2.05) is 78.0 Å². The molecule has 0 spiro atoms. The Labute approximate surface area is 267 Å². The number of nitrogens with zero attached hydrogens (tertiary/aromatic N) is 2. The second-order valence-corrected chi connectivity index (χ2v) is 14.9. The lowest BCUT2D eigenvalue weighted by atomic mass is 9.99. The second-order valence-electron chi connectivity index (χ2n) is 14.0. The number of halogens is 1. The van der Waals surface area contributed by atoms with Gasteiger partial charge in [-0.1, -0.05) is 52.3 Å². The van der Waals surface area contributed by atoms with E-state index < -0.39 is 23.4 Å². The Morgan fingerprint density at radius 2 is 1.25 bits per heavy atom. The van der Waals surface area contributed by atoms with Gasteiger partial charge in [0.1, 0.15) is 11.2 Å². The third kappa shape index (κ3) is 6.21. The molecule has 0 aromatic heterocycles. The maximum Gasteiger partial charge on any atom is 0.417 e. The Hall–Kier alpha value is -3.46. The quantitative estimate of drug-likeness (QED) is 0.307. The first-order valence-electron chi connectivity index (χ1n) is 15.2. The van der Waals surface area contributed by atoms with Gasteiger partial charge in [0.2, 0.25) is 11.8 Å². The Morgan fingerprint density at radius 1 is 0.795 bits per heavy atom. The minimum absolute atomic E-state index is 0.131. The zero-order chi connectivity index (χ0) is 32.1. The van der Waals surface area contributed by atoms with Crippen molar-refractivity contribution >= 4 is 39.9 Å². The molecule has 2 heterocycles. The molecule has 4 unspecified atom stereocenters. The van der Waals surface area contributed by atoms with Crippen LogP contribution in [0.1, 0.15) is 94.3 Å². The number of carbonyl (C=O) groups is 4. The van der Waals surface area contributed by atoms with Crippen molar-refractivity contribution in [1.29, 1.82) is 0 Å². The van der Waals surface area contributed by atoms with Crippen LogP contribution in [0.25, 0.3) is 0 Å². The molecule has 0 radical (unpaired) electrons. The van der Waals surface area contributed by atoms with E-state index in [0.717, 1.165) is 34.9 Å². The van der Waals surface area contributed by atoms with Crippen LogP contribution in [-0.4, -0.2) is 45.0 Å². The summed E-state index contributed by atoms with van der Waals surface area (Å²) in [5.41, 5.74) is 4.65. The predicted molar refractivity (Wildman–Crippen MR) is 170 cm³/mol. The number of rotatable bonds is 2. The molecule has 44 heavy (non-hydrogen) atoms. The zero-order valence-corrected chi connectivity index (χ0v) is 27.9. The van der Waals surface area contributed by atoms with Crippen LogP contribution in [0.2, 0.25) is 0 Å². The van der Waals surface area contributed by atoms with Gasteiger partial charge in [0, 0.05) is 17.3 Å². The van der Waals surface area contributed by atoms with E-state index in [9.17, 15) is 19.2 Å². The molecule has 4 aliphatic rings. The molecule has 4 atom stereocenters. The molecule has 2 saturated heterocycles. The van der Waals surface area contributed by atoms with Crippen LogP contribution < -0.4 is 0 Å². The fourth-order valence-electron chi connectivity index (χ4n) is 6.93. The van der Waals surface area contributed by atoms with Crippen molar-refractivity contribution in [1.82, 2.24) is 9.80 Å². The highest BCUT2D eigenvalue weighted by Crippen LogP contribution is 2.50. The van der Waals surface area contributed by atoms with Gasteiger partial charge in [0.05, 0.1) is 12.1 Å². The molecule has 4 amide bonds. The number of imide groups is 2. The van der Waals surface area contributed by atoms with E-state index >= 15 is 0 Å². The topological polar surface area (TPSA) is 93.2 Å². The van der Waals surface area contributed by atoms with Gasteiger partial charge in [-0.3, -0.25) is 9.59 Å². The van der Waals surface area contributed by atoms with E-state index in [2.05, 4.69) is 28.6 Å². The Kier molecular flexibility index (Phi) is 8.57. The number of allylic oxidation sites excluding steroid dienone is 1. The summed E-state index contributed by atoms with van der Waals surface area (Å²) < 4.78 is 11.9. The highest BCUT2D eigenvalue weighted by atomic mass is 79.9. The van der Waals surface area contributed by atoms with Crippen molar-refractivity contribution in [3.8, 4) is 0 Å². The maximum absolute atomic E-state index is 12.5. The number of carbonyl (C=O) groups excluding carboxylic acids is 4. The molecular formula is C35H41BrN2O6. The summed E-state index contributed by atoms with van der Waals surface area (Å²) in [6.07, 6.45) is 4.12. The van der Waals surface area contributed by atoms with E-state index in [4.69, 9.17) is 9.47 Å². The van der Waals surface area contributed by atoms with Crippen LogP contribution in [0, 0.1) is 11.8 Å². The Morgan fingerprint density at radius 3 is 1.73 bits per heavy atom. The number of benzene rings is 2. The third-order valence-corrected chi connectivity index (χ3v) is 9.18. The molecule has 2 aliphatic carbocycles. The largest absolute Gasteiger partial charge is 0.443 e. The van der Waals surface area contributed by atoms with Gasteiger partial charge in [-0.2, -0.15) is 0 Å². The molecule has 8 nitrogen and oxygen atoms in total. The first-order chi connectivity index (χ1) is 20.6. The minimum Gasteiger partial charge on any atom is -0.443 e. The molecule has 0 bridgehead atoms. The van der Waals surface area contributed by atoms with Crippen molar-refractivity contribution in [2.45, 2.75) is 96.9 Å². The number of ether oxygens (including phenoxy) is 2. The van der Waals surface area contributed by atoms with Crippen LogP contribution in [-0.2, 0) is 38.3 Å². The van der Waals surface area contributed by atoms with Crippen molar-refractivity contribution < 1.29 is 28.7 Å². The van der Waals surface area contributed by atoms with E-state index in [-0.39, 0.29) is 35.7 Å². The second kappa shape index (κ2) is 11.8. The molecule has 0 N–H and O–H groups in total. The zero-order valence-electron chi connectivity index (χ0n) is 26.3. The highest BCUT2D eigenvalue weighted by Gasteiger charge is 2.51. The number of fused-ring (bicyclic) bond motifs is 6. The van der Waals surface area contributed by atoms with E-state index in [1.54, 1.807) is 0 Å². The summed E-state index contributed by atoms with van der Waals surface area (Å²) in [4.78, 5) is 52.1. The molecule has 6 rings (SSSR count). The lowest BCUT2D eigenvalue weighted by molar-refractivity contribution is -0.129. The fourth-order valence-corrected chi connectivity index (χ4v) is 7.47. The van der Waals surface area contributed by atoms with E-state index in [0.29, 0.717) is 12.8 Å². The summed E-state index contributed by atoms with van der Waals surface area (Å²) in [7, 11) is 0. The molecule has 2 aliphatic heterocycles. The molecule has 0 saturated carbocycles. The SMILES string of the molecule is C=CCc1cccc2c1CC1CC(=O)N(C(=O)OC(C)(C)C)C21.CC(C)(C)OC(=O)N1C(=O)CC2Cc3c(Br)cccc3C21. The minimum atomic E-state index is -0.610. The summed E-state index contributed by atoms with van der Waals surface area (Å²) in [5, 5.41) is 0. The highest BCUT2D eigenvalue weighted by molar-refractivity contribution is 9.10. The molecule has 2 fully saturated rings. The first kappa shape index (κ1) is 31.9. The lowest BCUT2D eigenvalue weighted by Crippen LogP contribution is -2.39. The van der Waals surface area contributed by atoms with Gasteiger partial charge in [0.25, 0.3) is 0 Å². The van der Waals surface area contributed by atoms with Crippen LogP contribution in [0.4, 0.5) is 9.59 Å². The Bertz CT molecular complexity index is 1520. The maximum atomic E-state index is 12.5. The first-order valence-corrected chi connectivity index (χ1v) is 16.0. The van der Waals surface area contributed by atoms with Gasteiger partial charge in [-0.05, 0) is 107 Å². The summed E-state index contributed by atoms with van der Waals surface area (Å²) in [6, 6.07) is 11.7. The van der Waals surface area contributed by atoms with Gasteiger partial charge in [0.15, 0.2) is 0 Å². The average molecular weight is 666 g/mol. The smallest absolute Gasteiger partial charge is 0.417 e. The number of likely N-dealkylation sites (tertiary alicyclic amines) is 2. The standard InChI is InChI=1S/C19H23NO3.C16H18BrNO3/c1-5-7-12-8-6-9-14-15(12)10-13-11-16(21)20(17(13)14)18(22)23-19(2,3)4;1-16(2,3)21-15(20)18-13(19)8-9-7-11-10(14(9)18)5-4-6-12(11)17/h5-6,8-9,13,17H,1,7,10-11H2,2-4H3;4-6,9,14H,7-8H2,1-3H3. The third-order valence-electron chi connectivity index (χ3n) is 8.44. The molecule has 234 valence electrons. The fraction of sp³-hybridized carbons (Fsp3) is 0.486. The molecule has 9 heteroatoms. The average Bonchev–Trinajstić information content (AvgIpc) is 3.60. The molecule has 2 aromatic carbocycles. The lowest BCUT2D eigenvalue weighted by Gasteiger charge is -2.27. The molecule has 2 aromatic rings. The van der Waals surface area contributed by atoms with Crippen LogP contribution in [0.5, 0.6) is 0 Å². The number of amides is 4. The predicted octanol–water partition coefficient (Wildman–Crippen LogP) is 7.63. The van der Waals surface area contributed by atoms with Gasteiger partial charge < -0.3 is 9.47 Å². The summed E-state index contributed by atoms with van der Waals surface area (Å²) >= 11 is 3.56. The van der Waals surface area contributed by atoms with E-state index in [1.165, 1.54) is 26.5 Å². The number of hydrogen-bond acceptors (Lipinski definition) is 6. The van der Waals surface area contributed by atoms with Crippen molar-refractivity contribution in [3.63, 3.8) is 0 Å². The molecular weight excluding hydrogens is 624 g/mol. The monoisotopic (exact) mass is 664 g/mol. The number of hydrogen-bond donors (Lipinski definition) is 0. The van der Waals surface area contributed by atoms with Gasteiger partial charge >= 0.3 is 12.2 Å². The van der Waals surface area contributed by atoms with Crippen LogP contribution >= 0.6 is 15.9 Å². The Balaban J connectivity index is 0.000000175. The van der Waals surface area contributed by atoms with Crippen LogP contribution in [0.15, 0.2) is 53.5 Å². The summed E-state index contributed by atoms with van der Waals surface area (Å²) in [6.45, 7) is 14.7. The summed E-state index contributed by atoms with van der Waals surface area (Å²) in [5.74, 6) is 0.0635. The van der Waals surface area contributed by atoms with Crippen molar-refractivity contribution in [2.24, 2.45) is 11.8 Å². The van der Waals surface area contributed by atoms with Gasteiger partial charge in [-0.25, -0.2) is 19.4 Å². The van der Waals surface area contributed by atoms with Crippen LogP contribution in [0.3, 0.4) is 0 Å². The normalized spacial score (nSPS) is 23.3.